The number of H-pyrrole nitrogens is 1. The van der Waals surface area contributed by atoms with Crippen LogP contribution in [0, 0.1) is 0 Å². The van der Waals surface area contributed by atoms with Crippen molar-refractivity contribution in [3.05, 3.63) is 60.2 Å². The van der Waals surface area contributed by atoms with Crippen LogP contribution in [0.5, 0.6) is 0 Å². The molecule has 3 rings (SSSR count). The molecule has 24 heavy (non-hydrogen) atoms. The minimum Gasteiger partial charge on any atom is -0.359 e. The topological polar surface area (TPSA) is 45.6 Å². The highest BCUT2D eigenvalue weighted by atomic mass is 19.3. The van der Waals surface area contributed by atoms with E-state index in [0.29, 0.717) is 4.68 Å². The number of halogens is 2. The number of alkyl halides is 2. The molecule has 0 aliphatic heterocycles. The summed E-state index contributed by atoms with van der Waals surface area (Å²) in [6.45, 7) is 3.21. The number of anilines is 1. The van der Waals surface area contributed by atoms with E-state index in [1.165, 1.54) is 18.0 Å². The van der Waals surface area contributed by atoms with E-state index in [1.54, 1.807) is 0 Å². The summed E-state index contributed by atoms with van der Waals surface area (Å²) in [7, 11) is 0. The van der Waals surface area contributed by atoms with Crippen molar-refractivity contribution >= 4 is 16.6 Å². The van der Waals surface area contributed by atoms with Gasteiger partial charge in [0.15, 0.2) is 0 Å². The molecule has 0 saturated heterocycles. The first-order valence-corrected chi connectivity index (χ1v) is 7.86. The highest BCUT2D eigenvalue weighted by molar-refractivity contribution is 5.93. The summed E-state index contributed by atoms with van der Waals surface area (Å²) in [6, 6.07) is 6.30. The molecule has 126 valence electrons. The van der Waals surface area contributed by atoms with Crippen LogP contribution in [-0.2, 0) is 12.8 Å². The lowest BCUT2D eigenvalue weighted by molar-refractivity contribution is 0.0565. The van der Waals surface area contributed by atoms with E-state index in [2.05, 4.69) is 40.2 Å². The second-order valence-corrected chi connectivity index (χ2v) is 5.95. The van der Waals surface area contributed by atoms with Crippen molar-refractivity contribution < 1.29 is 8.78 Å². The zero-order valence-electron chi connectivity index (χ0n) is 13.5. The molecule has 0 amide bonds. The largest absolute Gasteiger partial charge is 0.359 e. The quantitative estimate of drug-likeness (QED) is 0.648. The van der Waals surface area contributed by atoms with Crippen molar-refractivity contribution in [2.24, 2.45) is 0 Å². The first-order chi connectivity index (χ1) is 11.5. The second kappa shape index (κ2) is 6.86. The molecule has 0 unspecified atom stereocenters. The second-order valence-electron chi connectivity index (χ2n) is 5.95. The molecule has 0 saturated carbocycles. The van der Waals surface area contributed by atoms with Gasteiger partial charge in [0.25, 0.3) is 0 Å². The van der Waals surface area contributed by atoms with Crippen LogP contribution >= 0.6 is 0 Å². The SMILES string of the molecule is C=C(C)Nc1c[nH]c2ccc(CCCc3cnn(C(F)F)c3)cc12. The predicted molar refractivity (Wildman–Crippen MR) is 92.2 cm³/mol. The van der Waals surface area contributed by atoms with Crippen LogP contribution < -0.4 is 5.32 Å². The Labute approximate surface area is 139 Å². The van der Waals surface area contributed by atoms with Gasteiger partial charge in [0.1, 0.15) is 0 Å². The Hall–Kier alpha value is -2.63. The maximum atomic E-state index is 12.5. The fraction of sp³-hybridized carbons (Fsp3) is 0.278. The van der Waals surface area contributed by atoms with Gasteiger partial charge in [-0.25, -0.2) is 4.68 Å². The normalized spacial score (nSPS) is 11.3. The van der Waals surface area contributed by atoms with Crippen LogP contribution in [0.1, 0.15) is 31.0 Å². The molecule has 1 aromatic carbocycles. The summed E-state index contributed by atoms with van der Waals surface area (Å²) in [6.07, 6.45) is 7.35. The Kier molecular flexibility index (Phi) is 4.64. The van der Waals surface area contributed by atoms with E-state index in [1.807, 2.05) is 13.1 Å². The minimum atomic E-state index is -2.58. The van der Waals surface area contributed by atoms with Crippen LogP contribution in [0.4, 0.5) is 14.5 Å². The molecule has 0 atom stereocenters. The van der Waals surface area contributed by atoms with Gasteiger partial charge in [-0.05, 0) is 49.4 Å². The molecule has 4 nitrogen and oxygen atoms in total. The number of nitrogens with zero attached hydrogens (tertiary/aromatic N) is 2. The number of aromatic amines is 1. The van der Waals surface area contributed by atoms with Crippen LogP contribution in [0.2, 0.25) is 0 Å². The fourth-order valence-corrected chi connectivity index (χ4v) is 2.77. The zero-order valence-corrected chi connectivity index (χ0v) is 13.5. The maximum absolute atomic E-state index is 12.5. The molecular weight excluding hydrogens is 310 g/mol. The van der Waals surface area contributed by atoms with Gasteiger partial charge >= 0.3 is 6.55 Å². The van der Waals surface area contributed by atoms with Gasteiger partial charge in [-0.2, -0.15) is 13.9 Å². The van der Waals surface area contributed by atoms with Crippen LogP contribution in [0.15, 0.2) is 49.1 Å². The summed E-state index contributed by atoms with van der Waals surface area (Å²) in [5.74, 6) is 0. The zero-order chi connectivity index (χ0) is 17.1. The van der Waals surface area contributed by atoms with E-state index in [0.717, 1.165) is 47.1 Å². The Morgan fingerprint density at radius 1 is 1.33 bits per heavy atom. The lowest BCUT2D eigenvalue weighted by Crippen LogP contribution is -1.97. The van der Waals surface area contributed by atoms with Crippen molar-refractivity contribution in [1.82, 2.24) is 14.8 Å². The number of hydrogen-bond donors (Lipinski definition) is 2. The van der Waals surface area contributed by atoms with Crippen molar-refractivity contribution in [1.29, 1.82) is 0 Å². The molecule has 0 aliphatic rings. The number of aryl methyl sites for hydroxylation is 2. The number of hydrogen-bond acceptors (Lipinski definition) is 2. The number of aromatic nitrogens is 3. The van der Waals surface area contributed by atoms with E-state index in [4.69, 9.17) is 0 Å². The molecule has 0 aliphatic carbocycles. The first kappa shape index (κ1) is 16.2. The summed E-state index contributed by atoms with van der Waals surface area (Å²) in [4.78, 5) is 3.23. The number of benzene rings is 1. The van der Waals surface area contributed by atoms with E-state index < -0.39 is 6.55 Å². The average molecular weight is 330 g/mol. The van der Waals surface area contributed by atoms with E-state index in [9.17, 15) is 8.78 Å². The van der Waals surface area contributed by atoms with Gasteiger partial charge in [-0.1, -0.05) is 12.6 Å². The van der Waals surface area contributed by atoms with Crippen LogP contribution in [-0.4, -0.2) is 14.8 Å². The van der Waals surface area contributed by atoms with Gasteiger partial charge < -0.3 is 10.3 Å². The Bertz CT molecular complexity index is 848. The van der Waals surface area contributed by atoms with Crippen LogP contribution in [0.3, 0.4) is 0 Å². The Morgan fingerprint density at radius 2 is 2.12 bits per heavy atom. The highest BCUT2D eigenvalue weighted by Crippen LogP contribution is 2.26. The molecule has 2 heterocycles. The van der Waals surface area contributed by atoms with Gasteiger partial charge in [0, 0.05) is 29.0 Å². The van der Waals surface area contributed by atoms with Crippen molar-refractivity contribution in [2.45, 2.75) is 32.7 Å². The number of nitrogens with one attached hydrogen (secondary N) is 2. The first-order valence-electron chi connectivity index (χ1n) is 7.86. The Balaban J connectivity index is 1.65. The van der Waals surface area contributed by atoms with Gasteiger partial charge in [-0.3, -0.25) is 0 Å². The molecule has 0 spiro atoms. The monoisotopic (exact) mass is 330 g/mol. The van der Waals surface area contributed by atoms with Gasteiger partial charge in [-0.15, -0.1) is 0 Å². The number of rotatable bonds is 7. The van der Waals surface area contributed by atoms with E-state index in [-0.39, 0.29) is 0 Å². The van der Waals surface area contributed by atoms with Crippen molar-refractivity contribution in [3.63, 3.8) is 0 Å². The average Bonchev–Trinajstić information content (AvgIpc) is 3.15. The number of allylic oxidation sites excluding steroid dienone is 1. The standard InChI is InChI=1S/C18H20F2N4/c1-12(2)23-17-10-21-16-7-6-13(8-15(16)17)4-3-5-14-9-22-24(11-14)18(19)20/h6-11,18,21,23H,1,3-5H2,2H3. The molecule has 0 fully saturated rings. The van der Waals surface area contributed by atoms with Gasteiger partial charge in [0.05, 0.1) is 11.9 Å². The third-order valence-electron chi connectivity index (χ3n) is 3.88. The predicted octanol–water partition coefficient (Wildman–Crippen LogP) is 4.88. The third kappa shape index (κ3) is 3.64. The van der Waals surface area contributed by atoms with E-state index >= 15 is 0 Å². The van der Waals surface area contributed by atoms with Crippen LogP contribution in [0.25, 0.3) is 10.9 Å². The van der Waals surface area contributed by atoms with Gasteiger partial charge in [0.2, 0.25) is 0 Å². The fourth-order valence-electron chi connectivity index (χ4n) is 2.77. The smallest absolute Gasteiger partial charge is 0.333 e. The molecule has 0 radical (unpaired) electrons. The molecular formula is C18H20F2N4. The molecule has 2 N–H and O–H groups in total. The van der Waals surface area contributed by atoms with Crippen molar-refractivity contribution in [3.8, 4) is 0 Å². The third-order valence-corrected chi connectivity index (χ3v) is 3.88. The minimum absolute atomic E-state index is 0.691. The maximum Gasteiger partial charge on any atom is 0.333 e. The summed E-state index contributed by atoms with van der Waals surface area (Å²) in [5, 5.41) is 8.03. The van der Waals surface area contributed by atoms with Crippen molar-refractivity contribution in [2.75, 3.05) is 5.32 Å². The molecule has 2 aromatic heterocycles. The number of fused-ring (bicyclic) bond motifs is 1. The Morgan fingerprint density at radius 3 is 2.83 bits per heavy atom. The lowest BCUT2D eigenvalue weighted by Gasteiger charge is -2.05. The molecule has 3 aromatic rings. The summed E-state index contributed by atoms with van der Waals surface area (Å²) < 4.78 is 25.7. The lowest BCUT2D eigenvalue weighted by atomic mass is 10.0. The molecule has 0 bridgehead atoms. The molecule has 6 heteroatoms. The summed E-state index contributed by atoms with van der Waals surface area (Å²) in [5.41, 5.74) is 5.02. The highest BCUT2D eigenvalue weighted by Gasteiger charge is 2.08. The summed E-state index contributed by atoms with van der Waals surface area (Å²) >= 11 is 0.